The number of hydrogen-bond donors (Lipinski definition) is 0. The van der Waals surface area contributed by atoms with Gasteiger partial charge in [0.25, 0.3) is 0 Å². The number of carbonyl (C=O) groups is 2. The normalized spacial score (nSPS) is 18.1. The molecule has 1 unspecified atom stereocenters. The molecule has 112 valence electrons. The lowest BCUT2D eigenvalue weighted by Crippen LogP contribution is -2.27. The number of esters is 1. The third kappa shape index (κ3) is 4.93. The number of rotatable bonds is 5. The zero-order chi connectivity index (χ0) is 15.1. The lowest BCUT2D eigenvalue weighted by atomic mass is 10.2. The Kier molecular flexibility index (Phi) is 5.87. The van der Waals surface area contributed by atoms with Gasteiger partial charge in [-0.05, 0) is 18.1 Å². The Morgan fingerprint density at radius 2 is 2.14 bits per heavy atom. The second-order valence-electron chi connectivity index (χ2n) is 4.83. The minimum absolute atomic E-state index is 0.0278. The fourth-order valence-electron chi connectivity index (χ4n) is 2.15. The van der Waals surface area contributed by atoms with Crippen molar-refractivity contribution < 1.29 is 14.3 Å². The van der Waals surface area contributed by atoms with Crippen LogP contribution in [0.4, 0.5) is 0 Å². The van der Waals surface area contributed by atoms with Crippen molar-refractivity contribution in [3.05, 3.63) is 42.0 Å². The molecule has 1 heterocycles. The van der Waals surface area contributed by atoms with E-state index in [1.54, 1.807) is 17.8 Å². The maximum Gasteiger partial charge on any atom is 0.315 e. The van der Waals surface area contributed by atoms with Gasteiger partial charge in [-0.15, -0.1) is 11.8 Å². The summed E-state index contributed by atoms with van der Waals surface area (Å²) in [7, 11) is 1.39. The number of benzene rings is 1. The number of nitrogens with zero attached hydrogens (tertiary/aromatic N) is 1. The molecule has 0 N–H and O–H groups in total. The molecule has 2 rings (SSSR count). The van der Waals surface area contributed by atoms with Gasteiger partial charge in [0.05, 0.1) is 12.9 Å². The molecule has 0 bridgehead atoms. The van der Waals surface area contributed by atoms with Crippen molar-refractivity contribution >= 4 is 29.7 Å². The largest absolute Gasteiger partial charge is 0.468 e. The van der Waals surface area contributed by atoms with Gasteiger partial charge in [0.2, 0.25) is 5.91 Å². The highest BCUT2D eigenvalue weighted by atomic mass is 32.2. The van der Waals surface area contributed by atoms with Crippen LogP contribution in [0.3, 0.4) is 0 Å². The van der Waals surface area contributed by atoms with Crippen molar-refractivity contribution in [3.8, 4) is 0 Å². The van der Waals surface area contributed by atoms with E-state index in [-0.39, 0.29) is 11.9 Å². The van der Waals surface area contributed by atoms with Crippen LogP contribution in [0, 0.1) is 0 Å². The second kappa shape index (κ2) is 7.88. The molecule has 1 atom stereocenters. The van der Waals surface area contributed by atoms with Crippen molar-refractivity contribution in [2.75, 3.05) is 26.0 Å². The van der Waals surface area contributed by atoms with Gasteiger partial charge in [-0.25, -0.2) is 0 Å². The van der Waals surface area contributed by atoms with E-state index in [0.717, 1.165) is 18.5 Å². The number of thioether (sulfide) groups is 1. The van der Waals surface area contributed by atoms with Crippen molar-refractivity contribution in [1.82, 2.24) is 4.90 Å². The average Bonchev–Trinajstić information content (AvgIpc) is 3.00. The highest BCUT2D eigenvalue weighted by molar-refractivity contribution is 8.00. The molecule has 1 aromatic carbocycles. The summed E-state index contributed by atoms with van der Waals surface area (Å²) in [5, 5.41) is 0.318. The van der Waals surface area contributed by atoms with Crippen LogP contribution in [-0.2, 0) is 14.3 Å². The van der Waals surface area contributed by atoms with Crippen LogP contribution in [0.1, 0.15) is 12.0 Å². The molecule has 0 aliphatic carbocycles. The molecule has 0 aromatic heterocycles. The van der Waals surface area contributed by atoms with E-state index in [9.17, 15) is 9.59 Å². The number of amides is 1. The molecule has 21 heavy (non-hydrogen) atoms. The molecular formula is C16H19NO3S. The SMILES string of the molecule is COC(=O)CSC1CCN(C(=O)/C=C/c2ccccc2)C1. The van der Waals surface area contributed by atoms with Crippen molar-refractivity contribution in [2.45, 2.75) is 11.7 Å². The molecule has 5 heteroatoms. The summed E-state index contributed by atoms with van der Waals surface area (Å²) < 4.78 is 4.62. The molecule has 1 aliphatic rings. The molecule has 0 spiro atoms. The third-order valence-electron chi connectivity index (χ3n) is 3.34. The summed E-state index contributed by atoms with van der Waals surface area (Å²) in [6.45, 7) is 1.44. The van der Waals surface area contributed by atoms with Crippen LogP contribution < -0.4 is 0 Å². The molecule has 0 saturated carbocycles. The van der Waals surface area contributed by atoms with Gasteiger partial charge in [0.1, 0.15) is 0 Å². The Hall–Kier alpha value is -1.75. The summed E-state index contributed by atoms with van der Waals surface area (Å²) in [5.41, 5.74) is 1.02. The number of hydrogen-bond acceptors (Lipinski definition) is 4. The Morgan fingerprint density at radius 3 is 2.86 bits per heavy atom. The van der Waals surface area contributed by atoms with Crippen molar-refractivity contribution in [1.29, 1.82) is 0 Å². The summed E-state index contributed by atoms with van der Waals surface area (Å²) in [6, 6.07) is 9.76. The monoisotopic (exact) mass is 305 g/mol. The van der Waals surface area contributed by atoms with Gasteiger partial charge in [0.15, 0.2) is 0 Å². The zero-order valence-electron chi connectivity index (χ0n) is 12.0. The van der Waals surface area contributed by atoms with Gasteiger partial charge < -0.3 is 9.64 Å². The van der Waals surface area contributed by atoms with Gasteiger partial charge in [-0.1, -0.05) is 30.3 Å². The van der Waals surface area contributed by atoms with Crippen LogP contribution in [0.25, 0.3) is 6.08 Å². The van der Waals surface area contributed by atoms with Crippen LogP contribution in [0.2, 0.25) is 0 Å². The first-order valence-electron chi connectivity index (χ1n) is 6.89. The summed E-state index contributed by atoms with van der Waals surface area (Å²) in [6.07, 6.45) is 4.37. The second-order valence-corrected chi connectivity index (χ2v) is 6.11. The molecule has 1 aliphatic heterocycles. The van der Waals surface area contributed by atoms with E-state index in [2.05, 4.69) is 4.74 Å². The predicted molar refractivity (Wildman–Crippen MR) is 84.9 cm³/mol. The number of ether oxygens (including phenoxy) is 1. The highest BCUT2D eigenvalue weighted by Gasteiger charge is 2.25. The van der Waals surface area contributed by atoms with E-state index in [1.165, 1.54) is 7.11 Å². The molecule has 4 nitrogen and oxygen atoms in total. The van der Waals surface area contributed by atoms with E-state index >= 15 is 0 Å². The standard InChI is InChI=1S/C16H19NO3S/c1-20-16(19)12-21-14-9-10-17(11-14)15(18)8-7-13-5-3-2-4-6-13/h2-8,14H,9-12H2,1H3/b8-7+. The van der Waals surface area contributed by atoms with E-state index in [0.29, 0.717) is 17.5 Å². The molecule has 0 radical (unpaired) electrons. The number of carbonyl (C=O) groups excluding carboxylic acids is 2. The number of likely N-dealkylation sites (tertiary alicyclic amines) is 1. The van der Waals surface area contributed by atoms with E-state index < -0.39 is 0 Å². The average molecular weight is 305 g/mol. The highest BCUT2D eigenvalue weighted by Crippen LogP contribution is 2.23. The fraction of sp³-hybridized carbons (Fsp3) is 0.375. The first kappa shape index (κ1) is 15.6. The zero-order valence-corrected chi connectivity index (χ0v) is 12.8. The Balaban J connectivity index is 1.79. The van der Waals surface area contributed by atoms with E-state index in [1.807, 2.05) is 41.3 Å². The minimum atomic E-state index is -0.214. The summed E-state index contributed by atoms with van der Waals surface area (Å²) in [5.74, 6) is 0.164. The van der Waals surface area contributed by atoms with Crippen LogP contribution in [-0.4, -0.2) is 48.0 Å². The molecular weight excluding hydrogens is 286 g/mol. The Morgan fingerprint density at radius 1 is 1.38 bits per heavy atom. The summed E-state index contributed by atoms with van der Waals surface area (Å²) in [4.78, 5) is 25.0. The third-order valence-corrected chi connectivity index (χ3v) is 4.60. The molecule has 1 fully saturated rings. The smallest absolute Gasteiger partial charge is 0.315 e. The Bertz CT molecular complexity index is 516. The Labute approximate surface area is 129 Å². The predicted octanol–water partition coefficient (Wildman–Crippen LogP) is 2.21. The lowest BCUT2D eigenvalue weighted by molar-refractivity contribution is -0.137. The topological polar surface area (TPSA) is 46.6 Å². The van der Waals surface area contributed by atoms with Gasteiger partial charge in [0, 0.05) is 24.4 Å². The maximum absolute atomic E-state index is 12.1. The quantitative estimate of drug-likeness (QED) is 0.618. The molecule has 1 saturated heterocycles. The fourth-order valence-corrected chi connectivity index (χ4v) is 3.19. The van der Waals surface area contributed by atoms with Gasteiger partial charge >= 0.3 is 5.97 Å². The first-order chi connectivity index (χ1) is 10.2. The maximum atomic E-state index is 12.1. The van der Waals surface area contributed by atoms with E-state index in [4.69, 9.17) is 0 Å². The molecule has 1 amide bonds. The first-order valence-corrected chi connectivity index (χ1v) is 7.94. The van der Waals surface area contributed by atoms with Crippen LogP contribution >= 0.6 is 11.8 Å². The van der Waals surface area contributed by atoms with Gasteiger partial charge in [-0.3, -0.25) is 9.59 Å². The van der Waals surface area contributed by atoms with Gasteiger partial charge in [-0.2, -0.15) is 0 Å². The van der Waals surface area contributed by atoms with Crippen molar-refractivity contribution in [3.63, 3.8) is 0 Å². The molecule has 1 aromatic rings. The minimum Gasteiger partial charge on any atom is -0.468 e. The van der Waals surface area contributed by atoms with Crippen molar-refractivity contribution in [2.24, 2.45) is 0 Å². The summed E-state index contributed by atoms with van der Waals surface area (Å²) >= 11 is 1.56. The van der Waals surface area contributed by atoms with Crippen LogP contribution in [0.5, 0.6) is 0 Å². The van der Waals surface area contributed by atoms with Crippen LogP contribution in [0.15, 0.2) is 36.4 Å². The number of methoxy groups -OCH3 is 1. The lowest BCUT2D eigenvalue weighted by Gasteiger charge is -2.13.